The van der Waals surface area contributed by atoms with E-state index in [1.54, 1.807) is 84.8 Å². The van der Waals surface area contributed by atoms with Gasteiger partial charge in [0.1, 0.15) is 36.2 Å². The number of Topliss-reactive ketones (excluding diaryl/α,β-unsaturated/α-hetero) is 2. The molecule has 264 valence electrons. The summed E-state index contributed by atoms with van der Waals surface area (Å²) in [6.07, 6.45) is 0. The molecule has 2 unspecified atom stereocenters. The van der Waals surface area contributed by atoms with E-state index in [0.717, 1.165) is 11.1 Å². The molecule has 50 heavy (non-hydrogen) atoms. The van der Waals surface area contributed by atoms with E-state index in [1.807, 2.05) is 12.1 Å². The normalized spacial score (nSPS) is 15.7. The highest BCUT2D eigenvalue weighted by molar-refractivity contribution is 6.05. The zero-order valence-corrected chi connectivity index (χ0v) is 28.4. The topological polar surface area (TPSA) is 136 Å². The Balaban J connectivity index is 0.000000222. The molecular weight excluding hydrogens is 644 g/mol. The predicted octanol–water partition coefficient (Wildman–Crippen LogP) is 7.01. The van der Waals surface area contributed by atoms with Gasteiger partial charge in [-0.3, -0.25) is 14.4 Å². The van der Waals surface area contributed by atoms with Crippen LogP contribution in [0.5, 0.6) is 46.0 Å². The van der Waals surface area contributed by atoms with Crippen LogP contribution in [0.3, 0.4) is 0 Å². The van der Waals surface area contributed by atoms with Gasteiger partial charge in [0.15, 0.2) is 34.6 Å². The number of hydrogen-bond donors (Lipinski definition) is 1. The SMILES string of the molecule is C.COc1ccc(C2COc3c(ccc(O)c3C)C2=O)cc1OC.COc1ccc(C2COc3c(ccc(OC(C)=O)c3C)C2=O)cc1OC. The number of ether oxygens (including phenoxy) is 7. The molecule has 2 aliphatic heterocycles. The molecule has 0 saturated heterocycles. The summed E-state index contributed by atoms with van der Waals surface area (Å²) in [5.41, 5.74) is 3.79. The molecular formula is C39H42O11. The van der Waals surface area contributed by atoms with Crippen LogP contribution >= 0.6 is 0 Å². The van der Waals surface area contributed by atoms with Gasteiger partial charge in [-0.25, -0.2) is 0 Å². The van der Waals surface area contributed by atoms with Gasteiger partial charge in [0.25, 0.3) is 0 Å². The molecule has 0 fully saturated rings. The number of ketones is 2. The van der Waals surface area contributed by atoms with Crippen LogP contribution in [0, 0.1) is 13.8 Å². The Kier molecular flexibility index (Phi) is 11.6. The zero-order chi connectivity index (χ0) is 35.4. The molecule has 1 N–H and O–H groups in total. The van der Waals surface area contributed by atoms with Gasteiger partial charge in [0, 0.05) is 18.1 Å². The molecule has 2 atom stereocenters. The number of phenolic OH excluding ortho intramolecular Hbond substituents is 1. The predicted molar refractivity (Wildman–Crippen MR) is 186 cm³/mol. The van der Waals surface area contributed by atoms with E-state index >= 15 is 0 Å². The minimum Gasteiger partial charge on any atom is -0.508 e. The van der Waals surface area contributed by atoms with Crippen LogP contribution in [-0.2, 0) is 4.79 Å². The molecule has 0 saturated carbocycles. The van der Waals surface area contributed by atoms with Crippen LogP contribution in [0.2, 0.25) is 0 Å². The smallest absolute Gasteiger partial charge is 0.308 e. The van der Waals surface area contributed by atoms with Gasteiger partial charge >= 0.3 is 5.97 Å². The Morgan fingerprint density at radius 3 is 1.50 bits per heavy atom. The number of carbonyl (C=O) groups excluding carboxylic acids is 3. The molecule has 4 aromatic rings. The van der Waals surface area contributed by atoms with E-state index in [1.165, 1.54) is 13.0 Å². The molecule has 0 radical (unpaired) electrons. The van der Waals surface area contributed by atoms with Crippen LogP contribution in [0.25, 0.3) is 0 Å². The van der Waals surface area contributed by atoms with Crippen LogP contribution in [0.1, 0.15) is 69.2 Å². The summed E-state index contributed by atoms with van der Waals surface area (Å²) >= 11 is 0. The molecule has 0 aliphatic carbocycles. The van der Waals surface area contributed by atoms with Crippen LogP contribution < -0.4 is 33.2 Å². The number of benzene rings is 4. The van der Waals surface area contributed by atoms with Gasteiger partial charge in [-0.15, -0.1) is 0 Å². The van der Waals surface area contributed by atoms with Crippen LogP contribution in [0.4, 0.5) is 0 Å². The second kappa shape index (κ2) is 15.7. The van der Waals surface area contributed by atoms with Crippen molar-refractivity contribution in [1.29, 1.82) is 0 Å². The lowest BCUT2D eigenvalue weighted by atomic mass is 9.88. The van der Waals surface area contributed by atoms with Gasteiger partial charge in [-0.05, 0) is 73.5 Å². The summed E-state index contributed by atoms with van der Waals surface area (Å²) in [6, 6.07) is 17.2. The lowest BCUT2D eigenvalue weighted by Crippen LogP contribution is -2.26. The maximum Gasteiger partial charge on any atom is 0.308 e. The van der Waals surface area contributed by atoms with Gasteiger partial charge in [0.05, 0.1) is 51.4 Å². The lowest BCUT2D eigenvalue weighted by Gasteiger charge is -2.26. The third-order valence-electron chi connectivity index (χ3n) is 8.56. The molecule has 0 aromatic heterocycles. The Morgan fingerprint density at radius 1 is 0.640 bits per heavy atom. The number of hydrogen-bond acceptors (Lipinski definition) is 11. The molecule has 2 heterocycles. The highest BCUT2D eigenvalue weighted by Gasteiger charge is 2.34. The first-order valence-corrected chi connectivity index (χ1v) is 15.4. The van der Waals surface area contributed by atoms with Crippen molar-refractivity contribution >= 4 is 17.5 Å². The molecule has 0 spiro atoms. The first-order chi connectivity index (χ1) is 23.5. The summed E-state index contributed by atoms with van der Waals surface area (Å²) in [5, 5.41) is 9.75. The van der Waals surface area contributed by atoms with E-state index in [0.29, 0.717) is 62.5 Å². The summed E-state index contributed by atoms with van der Waals surface area (Å²) in [6.45, 7) is 5.26. The summed E-state index contributed by atoms with van der Waals surface area (Å²) in [4.78, 5) is 37.0. The zero-order valence-electron chi connectivity index (χ0n) is 28.4. The quantitative estimate of drug-likeness (QED) is 0.159. The van der Waals surface area contributed by atoms with Crippen molar-refractivity contribution in [2.45, 2.75) is 40.0 Å². The molecule has 0 bridgehead atoms. The van der Waals surface area contributed by atoms with Crippen molar-refractivity contribution in [2.75, 3.05) is 41.7 Å². The van der Waals surface area contributed by atoms with E-state index in [9.17, 15) is 19.5 Å². The van der Waals surface area contributed by atoms with Crippen LogP contribution in [-0.4, -0.2) is 64.3 Å². The Hall–Kier alpha value is -5.71. The van der Waals surface area contributed by atoms with Crippen LogP contribution in [0.15, 0.2) is 60.7 Å². The van der Waals surface area contributed by atoms with Gasteiger partial charge in [0.2, 0.25) is 0 Å². The minimum atomic E-state index is -0.443. The second-order valence-electron chi connectivity index (χ2n) is 11.4. The maximum absolute atomic E-state index is 13.0. The number of esters is 1. The molecule has 11 heteroatoms. The fraction of sp³-hybridized carbons (Fsp3) is 0.308. The largest absolute Gasteiger partial charge is 0.508 e. The molecule has 0 amide bonds. The van der Waals surface area contributed by atoms with E-state index in [-0.39, 0.29) is 38.0 Å². The fourth-order valence-electron chi connectivity index (χ4n) is 5.87. The van der Waals surface area contributed by atoms with Crippen molar-refractivity contribution in [1.82, 2.24) is 0 Å². The highest BCUT2D eigenvalue weighted by Crippen LogP contribution is 2.41. The molecule has 2 aliphatic rings. The van der Waals surface area contributed by atoms with Gasteiger partial charge in [-0.1, -0.05) is 19.6 Å². The van der Waals surface area contributed by atoms with Crippen molar-refractivity contribution < 1.29 is 52.6 Å². The molecule has 4 aromatic carbocycles. The summed E-state index contributed by atoms with van der Waals surface area (Å²) in [7, 11) is 6.24. The molecule has 11 nitrogen and oxygen atoms in total. The Bertz CT molecular complexity index is 1910. The molecule has 6 rings (SSSR count). The maximum atomic E-state index is 13.0. The Labute approximate surface area is 291 Å². The average molecular weight is 687 g/mol. The van der Waals surface area contributed by atoms with Gasteiger partial charge < -0.3 is 38.3 Å². The lowest BCUT2D eigenvalue weighted by molar-refractivity contribution is -0.131. The standard InChI is InChI=1S/C20H20O6.C18H18O5.CH4/c1-11-16(26-12(2)21)8-6-14-19(22)15(10-25-20(11)14)13-5-7-17(23-3)18(9-13)24-4;1-10-14(19)6-5-12-17(20)13(9-23-18(10)12)11-4-7-15(21-2)16(8-11)22-3;/h5-9,15H,10H2,1-4H3;4-8,13,19H,9H2,1-3H3;1H4. The number of rotatable bonds is 7. The number of aromatic hydroxyl groups is 1. The Morgan fingerprint density at radius 2 is 1.06 bits per heavy atom. The van der Waals surface area contributed by atoms with E-state index in [2.05, 4.69) is 0 Å². The number of phenols is 1. The van der Waals surface area contributed by atoms with Gasteiger partial charge in [-0.2, -0.15) is 0 Å². The van der Waals surface area contributed by atoms with Crippen molar-refractivity contribution in [3.8, 4) is 46.0 Å². The second-order valence-corrected chi connectivity index (χ2v) is 11.4. The number of methoxy groups -OCH3 is 4. The first kappa shape index (κ1) is 37.1. The van der Waals surface area contributed by atoms with E-state index in [4.69, 9.17) is 33.2 Å². The monoisotopic (exact) mass is 686 g/mol. The first-order valence-electron chi connectivity index (χ1n) is 15.4. The summed E-state index contributed by atoms with van der Waals surface area (Å²) < 4.78 is 37.8. The van der Waals surface area contributed by atoms with E-state index < -0.39 is 17.8 Å². The van der Waals surface area contributed by atoms with Crippen molar-refractivity contribution in [2.24, 2.45) is 0 Å². The number of carbonyl (C=O) groups is 3. The highest BCUT2D eigenvalue weighted by atomic mass is 16.5. The average Bonchev–Trinajstić information content (AvgIpc) is 3.11. The number of fused-ring (bicyclic) bond motifs is 2. The van der Waals surface area contributed by atoms with Crippen molar-refractivity contribution in [3.63, 3.8) is 0 Å². The van der Waals surface area contributed by atoms with Crippen molar-refractivity contribution in [3.05, 3.63) is 94.0 Å². The fourth-order valence-corrected chi connectivity index (χ4v) is 5.87. The summed E-state index contributed by atoms with van der Waals surface area (Å²) in [5.74, 6) is 2.45. The minimum absolute atomic E-state index is 0. The third kappa shape index (κ3) is 7.17. The third-order valence-corrected chi connectivity index (χ3v) is 8.56.